The Morgan fingerprint density at radius 3 is 2.50 bits per heavy atom. The SMILES string of the molecule is NC(=O)c1nc(-c2ccccc2O)nc2c1ncn2Cc1ccccc1. The zero-order chi connectivity index (χ0) is 18.1. The van der Waals surface area contributed by atoms with E-state index in [0.29, 0.717) is 23.3 Å². The van der Waals surface area contributed by atoms with Gasteiger partial charge in [-0.1, -0.05) is 42.5 Å². The zero-order valence-electron chi connectivity index (χ0n) is 13.7. The van der Waals surface area contributed by atoms with Gasteiger partial charge in [-0.25, -0.2) is 15.0 Å². The molecule has 2 aromatic carbocycles. The number of hydrogen-bond acceptors (Lipinski definition) is 5. The van der Waals surface area contributed by atoms with Crippen molar-refractivity contribution in [1.29, 1.82) is 0 Å². The Kier molecular flexibility index (Phi) is 3.81. The van der Waals surface area contributed by atoms with Crippen molar-refractivity contribution in [2.45, 2.75) is 6.54 Å². The number of para-hydroxylation sites is 1. The van der Waals surface area contributed by atoms with Crippen LogP contribution in [0.15, 0.2) is 60.9 Å². The van der Waals surface area contributed by atoms with E-state index in [0.717, 1.165) is 5.56 Å². The third-order valence-electron chi connectivity index (χ3n) is 4.04. The summed E-state index contributed by atoms with van der Waals surface area (Å²) in [4.78, 5) is 24.9. The molecule has 4 rings (SSSR count). The molecule has 0 aliphatic heterocycles. The maximum absolute atomic E-state index is 11.9. The molecule has 4 aromatic rings. The topological polar surface area (TPSA) is 107 Å². The Bertz CT molecular complexity index is 1110. The van der Waals surface area contributed by atoms with Gasteiger partial charge in [-0.15, -0.1) is 0 Å². The van der Waals surface area contributed by atoms with Crippen molar-refractivity contribution in [2.75, 3.05) is 0 Å². The molecule has 2 heterocycles. The number of carbonyl (C=O) groups excluding carboxylic acids is 1. The molecule has 0 radical (unpaired) electrons. The predicted octanol–water partition coefficient (Wildman–Crippen LogP) is 2.35. The minimum absolute atomic E-state index is 0.0244. The highest BCUT2D eigenvalue weighted by atomic mass is 16.3. The first-order valence-electron chi connectivity index (χ1n) is 7.98. The van der Waals surface area contributed by atoms with Gasteiger partial charge in [0.25, 0.3) is 5.91 Å². The van der Waals surface area contributed by atoms with Crippen LogP contribution in [0.1, 0.15) is 16.1 Å². The summed E-state index contributed by atoms with van der Waals surface area (Å²) >= 11 is 0. The second-order valence-electron chi connectivity index (χ2n) is 5.81. The molecule has 1 amide bonds. The number of phenols is 1. The lowest BCUT2D eigenvalue weighted by Crippen LogP contribution is -2.15. The van der Waals surface area contributed by atoms with Crippen LogP contribution >= 0.6 is 0 Å². The molecule has 0 aliphatic carbocycles. The van der Waals surface area contributed by atoms with E-state index < -0.39 is 5.91 Å². The molecule has 0 atom stereocenters. The molecule has 0 bridgehead atoms. The van der Waals surface area contributed by atoms with Gasteiger partial charge in [-0.2, -0.15) is 0 Å². The fourth-order valence-electron chi connectivity index (χ4n) is 2.80. The Hall–Kier alpha value is -3.74. The fraction of sp³-hybridized carbons (Fsp3) is 0.0526. The van der Waals surface area contributed by atoms with Gasteiger partial charge in [0, 0.05) is 0 Å². The summed E-state index contributed by atoms with van der Waals surface area (Å²) in [6.45, 7) is 0.534. The van der Waals surface area contributed by atoms with Crippen molar-refractivity contribution in [2.24, 2.45) is 5.73 Å². The van der Waals surface area contributed by atoms with Crippen molar-refractivity contribution < 1.29 is 9.90 Å². The van der Waals surface area contributed by atoms with Crippen molar-refractivity contribution >= 4 is 17.1 Å². The van der Waals surface area contributed by atoms with Crippen LogP contribution in [-0.2, 0) is 6.54 Å². The van der Waals surface area contributed by atoms with Crippen molar-refractivity contribution in [1.82, 2.24) is 19.5 Å². The van der Waals surface area contributed by atoms with Crippen molar-refractivity contribution in [3.8, 4) is 17.1 Å². The van der Waals surface area contributed by atoms with E-state index in [-0.39, 0.29) is 17.3 Å². The molecule has 3 N–H and O–H groups in total. The Morgan fingerprint density at radius 1 is 1.04 bits per heavy atom. The normalized spacial score (nSPS) is 10.9. The lowest BCUT2D eigenvalue weighted by atomic mass is 10.2. The van der Waals surface area contributed by atoms with Crippen molar-refractivity contribution in [3.63, 3.8) is 0 Å². The van der Waals surface area contributed by atoms with Gasteiger partial charge in [0.1, 0.15) is 11.3 Å². The fourth-order valence-corrected chi connectivity index (χ4v) is 2.80. The van der Waals surface area contributed by atoms with Crippen LogP contribution in [0, 0.1) is 0 Å². The second kappa shape index (κ2) is 6.29. The number of aromatic hydroxyl groups is 1. The molecule has 7 nitrogen and oxygen atoms in total. The smallest absolute Gasteiger partial charge is 0.269 e. The summed E-state index contributed by atoms with van der Waals surface area (Å²) in [5.41, 5.74) is 7.82. The van der Waals surface area contributed by atoms with Crippen LogP contribution in [0.2, 0.25) is 0 Å². The molecule has 0 spiro atoms. The summed E-state index contributed by atoms with van der Waals surface area (Å²) in [5.74, 6) is -0.449. The highest BCUT2D eigenvalue weighted by Crippen LogP contribution is 2.28. The number of phenolic OH excluding ortho intramolecular Hbond substituents is 1. The van der Waals surface area contributed by atoms with Crippen LogP contribution in [-0.4, -0.2) is 30.5 Å². The van der Waals surface area contributed by atoms with Crippen LogP contribution in [0.5, 0.6) is 5.75 Å². The molecule has 0 unspecified atom stereocenters. The van der Waals surface area contributed by atoms with Crippen LogP contribution in [0.25, 0.3) is 22.6 Å². The quantitative estimate of drug-likeness (QED) is 0.590. The van der Waals surface area contributed by atoms with Crippen molar-refractivity contribution in [3.05, 3.63) is 72.2 Å². The highest BCUT2D eigenvalue weighted by molar-refractivity contribution is 6.02. The number of amides is 1. The second-order valence-corrected chi connectivity index (χ2v) is 5.81. The number of nitrogens with two attached hydrogens (primary N) is 1. The number of rotatable bonds is 4. The molecule has 128 valence electrons. The number of nitrogens with zero attached hydrogens (tertiary/aromatic N) is 4. The standard InChI is InChI=1S/C19H15N5O2/c20-17(26)15-16-19(23-18(22-15)13-8-4-5-9-14(13)25)24(11-21-16)10-12-6-2-1-3-7-12/h1-9,11,25H,10H2,(H2,20,26). The molecule has 0 saturated heterocycles. The Morgan fingerprint density at radius 2 is 1.77 bits per heavy atom. The number of hydrogen-bond donors (Lipinski definition) is 2. The van der Waals surface area contributed by atoms with Gasteiger partial charge in [-0.3, -0.25) is 4.79 Å². The molecule has 26 heavy (non-hydrogen) atoms. The minimum atomic E-state index is -0.695. The number of fused-ring (bicyclic) bond motifs is 1. The molecule has 0 fully saturated rings. The van der Waals surface area contributed by atoms with Crippen LogP contribution < -0.4 is 5.73 Å². The van der Waals surface area contributed by atoms with Gasteiger partial charge < -0.3 is 15.4 Å². The molecular formula is C19H15N5O2. The van der Waals surface area contributed by atoms with Crippen LogP contribution in [0.4, 0.5) is 0 Å². The lowest BCUT2D eigenvalue weighted by molar-refractivity contribution is 0.0997. The number of benzene rings is 2. The number of carbonyl (C=O) groups is 1. The Balaban J connectivity index is 1.91. The minimum Gasteiger partial charge on any atom is -0.507 e. The van der Waals surface area contributed by atoms with E-state index in [1.54, 1.807) is 24.5 Å². The van der Waals surface area contributed by atoms with Gasteiger partial charge in [-0.05, 0) is 17.7 Å². The molecule has 2 aromatic heterocycles. The van der Waals surface area contributed by atoms with E-state index in [1.165, 1.54) is 6.07 Å². The third-order valence-corrected chi connectivity index (χ3v) is 4.04. The summed E-state index contributed by atoms with van der Waals surface area (Å²) in [6.07, 6.45) is 1.60. The van der Waals surface area contributed by atoms with Gasteiger partial charge in [0.05, 0.1) is 18.4 Å². The first-order valence-corrected chi connectivity index (χ1v) is 7.98. The Labute approximate surface area is 148 Å². The van der Waals surface area contributed by atoms with E-state index in [4.69, 9.17) is 5.73 Å². The summed E-state index contributed by atoms with van der Waals surface area (Å²) < 4.78 is 1.82. The largest absolute Gasteiger partial charge is 0.507 e. The number of aromatic nitrogens is 4. The first-order chi connectivity index (χ1) is 12.6. The molecular weight excluding hydrogens is 330 g/mol. The molecule has 7 heteroatoms. The average Bonchev–Trinajstić information content (AvgIpc) is 3.05. The summed E-state index contributed by atoms with van der Waals surface area (Å²) in [6, 6.07) is 16.5. The molecule has 0 saturated carbocycles. The van der Waals surface area contributed by atoms with Gasteiger partial charge >= 0.3 is 0 Å². The van der Waals surface area contributed by atoms with E-state index in [2.05, 4.69) is 15.0 Å². The highest BCUT2D eigenvalue weighted by Gasteiger charge is 2.19. The number of primary amides is 1. The van der Waals surface area contributed by atoms with E-state index in [1.807, 2.05) is 34.9 Å². The van der Waals surface area contributed by atoms with Gasteiger partial charge in [0.15, 0.2) is 17.2 Å². The maximum atomic E-state index is 11.9. The molecule has 0 aliphatic rings. The van der Waals surface area contributed by atoms with Gasteiger partial charge in [0.2, 0.25) is 0 Å². The first kappa shape index (κ1) is 15.8. The van der Waals surface area contributed by atoms with Crippen LogP contribution in [0.3, 0.4) is 0 Å². The lowest BCUT2D eigenvalue weighted by Gasteiger charge is -2.08. The van der Waals surface area contributed by atoms with E-state index >= 15 is 0 Å². The average molecular weight is 345 g/mol. The monoisotopic (exact) mass is 345 g/mol. The van der Waals surface area contributed by atoms with E-state index in [9.17, 15) is 9.90 Å². The summed E-state index contributed by atoms with van der Waals surface area (Å²) in [5, 5.41) is 10.1. The predicted molar refractivity (Wildman–Crippen MR) is 96.5 cm³/mol. The zero-order valence-corrected chi connectivity index (χ0v) is 13.7. The maximum Gasteiger partial charge on any atom is 0.269 e. The summed E-state index contributed by atoms with van der Waals surface area (Å²) in [7, 11) is 0. The number of imidazole rings is 1. The third kappa shape index (κ3) is 2.75.